The lowest BCUT2D eigenvalue weighted by Gasteiger charge is -2.44. The fraction of sp³-hybridized carbons (Fsp3) is 0.800. The minimum absolute atomic E-state index is 0.0392. The lowest BCUT2D eigenvalue weighted by atomic mass is 9.71. The number of rotatable bonds is 13. The molecular weight excluding hydrogens is 553 g/mol. The van der Waals surface area contributed by atoms with Crippen molar-refractivity contribution in [3.8, 4) is 0 Å². The second-order valence-electron chi connectivity index (χ2n) is 14.6. The first kappa shape index (κ1) is 36.8. The Morgan fingerprint density at radius 2 is 1.86 bits per heavy atom. The molecule has 3 heterocycles. The Labute approximate surface area is 267 Å². The Kier molecular flexibility index (Phi) is 13.6. The van der Waals surface area contributed by atoms with Crippen LogP contribution in [0.1, 0.15) is 92.4 Å². The van der Waals surface area contributed by atoms with Crippen LogP contribution < -0.4 is 27.8 Å². The summed E-state index contributed by atoms with van der Waals surface area (Å²) in [6.45, 7) is 18.6. The highest BCUT2D eigenvalue weighted by atomic mass is 19.1. The number of nitrogens with two attached hydrogens (primary N) is 3. The van der Waals surface area contributed by atoms with Gasteiger partial charge in [-0.1, -0.05) is 71.3 Å². The first-order chi connectivity index (χ1) is 20.8. The number of carbonyl (C=O) groups excluding carboxylic acids is 1. The fourth-order valence-electron chi connectivity index (χ4n) is 8.16. The maximum absolute atomic E-state index is 15.0. The number of nitrogens with one attached hydrogen (secondary N) is 2. The zero-order chi connectivity index (χ0) is 32.7. The van der Waals surface area contributed by atoms with Crippen LogP contribution in [-0.2, 0) is 4.79 Å². The van der Waals surface area contributed by atoms with Gasteiger partial charge in [0.1, 0.15) is 12.4 Å². The minimum atomic E-state index is -1.11. The standard InChI is InChI=1S/C35H64FN7O/c1-8-14-24(4)28(37)19-26(6)40-32-25(5)22-43(17-11-12-18-43)23-29(32)41-34(44)31(33(38)39)30-20-35(9-2,10-3)16-13-15-27(36)21-42(30)7/h13,15,23,25-28,30-33,40H,4,8-12,14,16-22,37-39H2,1-3,5-7H3/p+1. The van der Waals surface area contributed by atoms with Crippen molar-refractivity contribution >= 4 is 5.91 Å². The average Bonchev–Trinajstić information content (AvgIpc) is 3.41. The van der Waals surface area contributed by atoms with Gasteiger partial charge in [0.2, 0.25) is 5.91 Å². The molecule has 3 aliphatic heterocycles. The summed E-state index contributed by atoms with van der Waals surface area (Å²) in [5.74, 6) is -0.572. The van der Waals surface area contributed by atoms with Crippen LogP contribution in [0.4, 0.5) is 4.39 Å². The first-order valence-electron chi connectivity index (χ1n) is 17.4. The predicted molar refractivity (Wildman–Crippen MR) is 181 cm³/mol. The van der Waals surface area contributed by atoms with Crippen LogP contribution in [0.5, 0.6) is 0 Å². The van der Waals surface area contributed by atoms with E-state index in [9.17, 15) is 9.18 Å². The molecule has 7 atom stereocenters. The third kappa shape index (κ3) is 9.23. The third-order valence-corrected chi connectivity index (χ3v) is 11.1. The van der Waals surface area contributed by atoms with E-state index in [0.29, 0.717) is 5.92 Å². The van der Waals surface area contributed by atoms with Crippen molar-refractivity contribution < 1.29 is 13.7 Å². The molecule has 0 aromatic rings. The summed E-state index contributed by atoms with van der Waals surface area (Å²) < 4.78 is 15.9. The molecule has 1 saturated heterocycles. The quantitative estimate of drug-likeness (QED) is 0.119. The van der Waals surface area contributed by atoms with E-state index in [2.05, 4.69) is 58.0 Å². The Bertz CT molecular complexity index is 1000. The van der Waals surface area contributed by atoms with Crippen LogP contribution in [0.15, 0.2) is 36.2 Å². The topological polar surface area (TPSA) is 122 Å². The molecule has 1 fully saturated rings. The summed E-state index contributed by atoms with van der Waals surface area (Å²) in [4.78, 5) is 16.4. The fourth-order valence-corrected chi connectivity index (χ4v) is 8.16. The molecule has 8 N–H and O–H groups in total. The Morgan fingerprint density at radius 3 is 2.45 bits per heavy atom. The molecule has 44 heavy (non-hydrogen) atoms. The zero-order valence-electron chi connectivity index (χ0n) is 28.7. The van der Waals surface area contributed by atoms with Gasteiger partial charge in [-0.25, -0.2) is 4.39 Å². The maximum Gasteiger partial charge on any atom is 0.231 e. The number of nitrogens with zero attached hydrogens (tertiary/aromatic N) is 2. The molecule has 0 saturated carbocycles. The lowest BCUT2D eigenvalue weighted by molar-refractivity contribution is -0.873. The van der Waals surface area contributed by atoms with E-state index < -0.39 is 18.3 Å². The van der Waals surface area contributed by atoms with Crippen molar-refractivity contribution in [1.82, 2.24) is 15.5 Å². The van der Waals surface area contributed by atoms with Crippen LogP contribution in [0.3, 0.4) is 0 Å². The summed E-state index contributed by atoms with van der Waals surface area (Å²) in [6.07, 6.45) is 12.4. The van der Waals surface area contributed by atoms with Crippen LogP contribution >= 0.6 is 0 Å². The SMILES string of the molecule is C=C(CCC)C(N)CC(C)NC1C(NC(=O)C(C(N)N)C2CC(CC)(CC)CC=CC(F)CN2C)=C[N+]2(CCCC2)CC1C. The molecule has 3 rings (SSSR count). The van der Waals surface area contributed by atoms with E-state index in [1.165, 1.54) is 12.8 Å². The monoisotopic (exact) mass is 619 g/mol. The van der Waals surface area contributed by atoms with Gasteiger partial charge in [0.25, 0.3) is 0 Å². The number of hydrogen-bond donors (Lipinski definition) is 5. The molecule has 0 radical (unpaired) electrons. The highest BCUT2D eigenvalue weighted by Crippen LogP contribution is 2.40. The molecule has 9 heteroatoms. The molecule has 1 amide bonds. The number of hydrogen-bond acceptors (Lipinski definition) is 6. The minimum Gasteiger partial charge on any atom is -0.324 e. The van der Waals surface area contributed by atoms with Gasteiger partial charge in [0.15, 0.2) is 0 Å². The van der Waals surface area contributed by atoms with Gasteiger partial charge in [-0.3, -0.25) is 14.2 Å². The predicted octanol–water partition coefficient (Wildman–Crippen LogP) is 4.28. The molecule has 3 aliphatic rings. The van der Waals surface area contributed by atoms with Crippen molar-refractivity contribution in [1.29, 1.82) is 0 Å². The largest absolute Gasteiger partial charge is 0.324 e. The summed E-state index contributed by atoms with van der Waals surface area (Å²) in [6, 6.07) is -0.270. The van der Waals surface area contributed by atoms with Gasteiger partial charge in [-0.15, -0.1) is 0 Å². The molecule has 0 aromatic heterocycles. The zero-order valence-corrected chi connectivity index (χ0v) is 28.7. The van der Waals surface area contributed by atoms with Crippen molar-refractivity contribution in [3.05, 3.63) is 36.2 Å². The Hall–Kier alpha value is -1.62. The van der Waals surface area contributed by atoms with E-state index >= 15 is 0 Å². The van der Waals surface area contributed by atoms with Gasteiger partial charge in [-0.05, 0) is 45.1 Å². The maximum atomic E-state index is 15.0. The van der Waals surface area contributed by atoms with Crippen molar-refractivity contribution in [2.45, 2.75) is 129 Å². The summed E-state index contributed by atoms with van der Waals surface area (Å²) in [5, 5.41) is 7.21. The molecule has 0 aromatic carbocycles. The average molecular weight is 619 g/mol. The molecule has 252 valence electrons. The van der Waals surface area contributed by atoms with Crippen LogP contribution in [-0.4, -0.2) is 85.0 Å². The van der Waals surface area contributed by atoms with Gasteiger partial charge in [0.05, 0.1) is 43.5 Å². The molecule has 7 unspecified atom stereocenters. The number of quaternary nitrogens is 1. The number of carbonyl (C=O) groups is 1. The normalized spacial score (nSPS) is 29.4. The van der Waals surface area contributed by atoms with Crippen LogP contribution in [0.2, 0.25) is 0 Å². The van der Waals surface area contributed by atoms with Crippen LogP contribution in [0.25, 0.3) is 0 Å². The van der Waals surface area contributed by atoms with E-state index in [4.69, 9.17) is 17.2 Å². The van der Waals surface area contributed by atoms with Crippen molar-refractivity contribution in [3.63, 3.8) is 0 Å². The van der Waals surface area contributed by atoms with Crippen molar-refractivity contribution in [2.75, 3.05) is 33.2 Å². The highest BCUT2D eigenvalue weighted by molar-refractivity contribution is 5.82. The lowest BCUT2D eigenvalue weighted by Crippen LogP contribution is -2.61. The molecule has 1 spiro atoms. The van der Waals surface area contributed by atoms with E-state index in [1.54, 1.807) is 6.08 Å². The summed E-state index contributed by atoms with van der Waals surface area (Å²) >= 11 is 0. The van der Waals surface area contributed by atoms with Gasteiger partial charge >= 0.3 is 0 Å². The number of allylic oxidation sites excluding steroid dienone is 1. The Balaban J connectivity index is 1.92. The highest BCUT2D eigenvalue weighted by Gasteiger charge is 2.45. The van der Waals surface area contributed by atoms with Gasteiger partial charge in [0, 0.05) is 43.4 Å². The second-order valence-corrected chi connectivity index (χ2v) is 14.6. The van der Waals surface area contributed by atoms with Crippen LogP contribution in [0, 0.1) is 17.3 Å². The molecule has 0 bridgehead atoms. The Morgan fingerprint density at radius 1 is 1.20 bits per heavy atom. The van der Waals surface area contributed by atoms with Crippen molar-refractivity contribution in [2.24, 2.45) is 34.5 Å². The molecule has 0 aliphatic carbocycles. The summed E-state index contributed by atoms with van der Waals surface area (Å²) in [5.41, 5.74) is 21.4. The van der Waals surface area contributed by atoms with E-state index in [1.807, 2.05) is 18.0 Å². The van der Waals surface area contributed by atoms with Gasteiger partial charge in [-0.2, -0.15) is 0 Å². The third-order valence-electron chi connectivity index (χ3n) is 11.1. The molecule has 8 nitrogen and oxygen atoms in total. The first-order valence-corrected chi connectivity index (χ1v) is 17.4. The molecular formula is C35H65FN7O+. The van der Waals surface area contributed by atoms with Gasteiger partial charge < -0.3 is 27.8 Å². The van der Waals surface area contributed by atoms with E-state index in [0.717, 1.165) is 80.3 Å². The second kappa shape index (κ2) is 16.3. The number of halogens is 1. The number of alkyl halides is 1. The summed E-state index contributed by atoms with van der Waals surface area (Å²) in [7, 11) is 1.91. The van der Waals surface area contributed by atoms with E-state index in [-0.39, 0.29) is 42.0 Å². The number of amides is 1. The smallest absolute Gasteiger partial charge is 0.231 e.